The van der Waals surface area contributed by atoms with Gasteiger partial charge in [-0.05, 0) is 24.6 Å². The summed E-state index contributed by atoms with van der Waals surface area (Å²) >= 11 is 3.06. The second-order valence-electron chi connectivity index (χ2n) is 6.35. The van der Waals surface area contributed by atoms with E-state index in [9.17, 15) is 14.4 Å². The van der Waals surface area contributed by atoms with Crippen LogP contribution in [0.4, 0.5) is 0 Å². The van der Waals surface area contributed by atoms with Crippen molar-refractivity contribution in [1.29, 1.82) is 0 Å². The van der Waals surface area contributed by atoms with Crippen LogP contribution in [0, 0.1) is 6.92 Å². The van der Waals surface area contributed by atoms with E-state index in [-0.39, 0.29) is 6.42 Å². The van der Waals surface area contributed by atoms with Crippen molar-refractivity contribution in [3.63, 3.8) is 0 Å². The van der Waals surface area contributed by atoms with E-state index in [1.54, 1.807) is 35.6 Å². The van der Waals surface area contributed by atoms with Crippen LogP contribution in [0.15, 0.2) is 64.9 Å². The van der Waals surface area contributed by atoms with Crippen LogP contribution < -0.4 is 5.32 Å². The fraction of sp³-hybridized carbons (Fsp3) is 0.182. The zero-order valence-corrected chi connectivity index (χ0v) is 17.9. The van der Waals surface area contributed by atoms with Gasteiger partial charge in [-0.1, -0.05) is 42.5 Å². The molecule has 3 rings (SSSR count). The molecule has 0 aliphatic carbocycles. The highest BCUT2D eigenvalue weighted by atomic mass is 32.2. The molecule has 0 fully saturated rings. The first-order valence-corrected chi connectivity index (χ1v) is 11.0. The lowest BCUT2D eigenvalue weighted by molar-refractivity contribution is -0.132. The number of carbonyl (C=O) groups excluding carboxylic acids is 3. The molecular formula is C22H20N2O4S2. The number of thiazole rings is 1. The van der Waals surface area contributed by atoms with Crippen molar-refractivity contribution in [1.82, 2.24) is 10.3 Å². The lowest BCUT2D eigenvalue weighted by Crippen LogP contribution is -2.35. The molecule has 30 heavy (non-hydrogen) atoms. The second kappa shape index (κ2) is 10.7. The highest BCUT2D eigenvalue weighted by molar-refractivity contribution is 7.98. The van der Waals surface area contributed by atoms with Gasteiger partial charge in [0.1, 0.15) is 0 Å². The molecule has 6 nitrogen and oxygen atoms in total. The summed E-state index contributed by atoms with van der Waals surface area (Å²) in [6.07, 6.45) is 0.0795. The van der Waals surface area contributed by atoms with Crippen molar-refractivity contribution in [2.75, 3.05) is 6.61 Å². The first kappa shape index (κ1) is 21.7. The third kappa shape index (κ3) is 6.53. The quantitative estimate of drug-likeness (QED) is 0.424. The summed E-state index contributed by atoms with van der Waals surface area (Å²) in [4.78, 5) is 41.5. The van der Waals surface area contributed by atoms with E-state index in [2.05, 4.69) is 10.3 Å². The average molecular weight is 441 g/mol. The van der Waals surface area contributed by atoms with E-state index in [1.807, 2.05) is 42.6 Å². The van der Waals surface area contributed by atoms with Crippen LogP contribution in [0.2, 0.25) is 0 Å². The van der Waals surface area contributed by atoms with Crippen molar-refractivity contribution in [2.45, 2.75) is 24.0 Å². The van der Waals surface area contributed by atoms with Crippen LogP contribution >= 0.6 is 23.1 Å². The molecule has 0 spiro atoms. The zero-order chi connectivity index (χ0) is 21.3. The van der Waals surface area contributed by atoms with Crippen LogP contribution in [0.3, 0.4) is 0 Å². The lowest BCUT2D eigenvalue weighted by Gasteiger charge is -2.09. The molecule has 0 atom stereocenters. The molecule has 0 radical (unpaired) electrons. The molecule has 0 saturated carbocycles. The molecule has 2 aromatic carbocycles. The summed E-state index contributed by atoms with van der Waals surface area (Å²) < 4.78 is 5.11. The Morgan fingerprint density at radius 3 is 2.50 bits per heavy atom. The van der Waals surface area contributed by atoms with Gasteiger partial charge in [0.25, 0.3) is 5.91 Å². The van der Waals surface area contributed by atoms with Crippen molar-refractivity contribution in [3.8, 4) is 0 Å². The maximum Gasteiger partial charge on any atom is 0.339 e. The standard InChI is InChI=1S/C22H20N2O4S2/c1-15-23-17(13-29-15)14-30-19-10-6-5-9-18(19)22(27)28-12-21(26)24-20(25)11-16-7-3-2-4-8-16/h2-10,13H,11-12,14H2,1H3,(H,24,25,26). The normalized spacial score (nSPS) is 10.4. The maximum atomic E-state index is 12.4. The minimum absolute atomic E-state index is 0.0795. The topological polar surface area (TPSA) is 85.4 Å². The van der Waals surface area contributed by atoms with Gasteiger partial charge in [0.2, 0.25) is 5.91 Å². The summed E-state index contributed by atoms with van der Waals surface area (Å²) in [7, 11) is 0. The highest BCUT2D eigenvalue weighted by Gasteiger charge is 2.16. The molecule has 3 aromatic rings. The van der Waals surface area contributed by atoms with Gasteiger partial charge >= 0.3 is 5.97 Å². The summed E-state index contributed by atoms with van der Waals surface area (Å²) in [5.74, 6) is -1.09. The molecule has 1 aromatic heterocycles. The number of amides is 2. The summed E-state index contributed by atoms with van der Waals surface area (Å²) in [6, 6.07) is 16.1. The molecule has 154 valence electrons. The van der Waals surface area contributed by atoms with E-state index in [4.69, 9.17) is 4.74 Å². The van der Waals surface area contributed by atoms with Crippen LogP contribution in [-0.4, -0.2) is 29.4 Å². The zero-order valence-electron chi connectivity index (χ0n) is 16.3. The van der Waals surface area contributed by atoms with Crippen LogP contribution in [-0.2, 0) is 26.5 Å². The number of thioether (sulfide) groups is 1. The number of imide groups is 1. The number of esters is 1. The van der Waals surface area contributed by atoms with E-state index in [0.717, 1.165) is 21.2 Å². The van der Waals surface area contributed by atoms with Crippen molar-refractivity contribution in [3.05, 3.63) is 81.8 Å². The predicted octanol–water partition coefficient (Wildman–Crippen LogP) is 3.79. The number of benzene rings is 2. The minimum Gasteiger partial charge on any atom is -0.452 e. The van der Waals surface area contributed by atoms with Crippen LogP contribution in [0.1, 0.15) is 26.6 Å². The average Bonchev–Trinajstić information content (AvgIpc) is 3.16. The smallest absolute Gasteiger partial charge is 0.339 e. The van der Waals surface area contributed by atoms with E-state index in [0.29, 0.717) is 11.3 Å². The number of nitrogens with zero attached hydrogens (tertiary/aromatic N) is 1. The lowest BCUT2D eigenvalue weighted by atomic mass is 10.1. The minimum atomic E-state index is -0.660. The van der Waals surface area contributed by atoms with Gasteiger partial charge in [-0.2, -0.15) is 0 Å². The fourth-order valence-corrected chi connectivity index (χ4v) is 4.26. The molecule has 0 aliphatic rings. The van der Waals surface area contributed by atoms with Gasteiger partial charge in [0.15, 0.2) is 6.61 Å². The Kier molecular flexibility index (Phi) is 7.75. The first-order chi connectivity index (χ1) is 14.5. The molecule has 1 heterocycles. The van der Waals surface area contributed by atoms with Gasteiger partial charge in [-0.25, -0.2) is 9.78 Å². The predicted molar refractivity (Wildman–Crippen MR) is 116 cm³/mol. The highest BCUT2D eigenvalue weighted by Crippen LogP contribution is 2.27. The summed E-state index contributed by atoms with van der Waals surface area (Å²) in [5.41, 5.74) is 2.11. The Bertz CT molecular complexity index is 1030. The number of nitrogens with one attached hydrogen (secondary N) is 1. The van der Waals surface area contributed by atoms with Crippen molar-refractivity contribution in [2.24, 2.45) is 0 Å². The van der Waals surface area contributed by atoms with Gasteiger partial charge in [-0.3, -0.25) is 14.9 Å². The van der Waals surface area contributed by atoms with E-state index < -0.39 is 24.4 Å². The van der Waals surface area contributed by atoms with Crippen LogP contribution in [0.5, 0.6) is 0 Å². The first-order valence-electron chi connectivity index (χ1n) is 9.18. The Morgan fingerprint density at radius 1 is 1.03 bits per heavy atom. The van der Waals surface area contributed by atoms with E-state index in [1.165, 1.54) is 11.8 Å². The Labute approximate surface area is 182 Å². The number of ether oxygens (including phenoxy) is 1. The molecule has 0 saturated heterocycles. The Balaban J connectivity index is 1.50. The molecule has 0 unspecified atom stereocenters. The Morgan fingerprint density at radius 2 is 1.77 bits per heavy atom. The summed E-state index contributed by atoms with van der Waals surface area (Å²) in [6.45, 7) is 1.42. The molecule has 0 bridgehead atoms. The number of aryl methyl sites for hydroxylation is 1. The van der Waals surface area contributed by atoms with E-state index >= 15 is 0 Å². The SMILES string of the molecule is Cc1nc(CSc2ccccc2C(=O)OCC(=O)NC(=O)Cc2ccccc2)cs1. The van der Waals surface area contributed by atoms with Gasteiger partial charge in [0, 0.05) is 16.0 Å². The van der Waals surface area contributed by atoms with Gasteiger partial charge < -0.3 is 4.74 Å². The number of hydrogen-bond donors (Lipinski definition) is 1. The molecule has 0 aliphatic heterocycles. The number of carbonyl (C=O) groups is 3. The molecular weight excluding hydrogens is 420 g/mol. The summed E-state index contributed by atoms with van der Waals surface area (Å²) in [5, 5.41) is 5.21. The third-order valence-electron chi connectivity index (χ3n) is 3.97. The molecule has 8 heteroatoms. The number of rotatable bonds is 8. The monoisotopic (exact) mass is 440 g/mol. The van der Waals surface area contributed by atoms with Crippen molar-refractivity contribution >= 4 is 40.9 Å². The van der Waals surface area contributed by atoms with Crippen molar-refractivity contribution < 1.29 is 19.1 Å². The fourth-order valence-electron chi connectivity index (χ4n) is 2.61. The Hall–Kier alpha value is -2.97. The van der Waals surface area contributed by atoms with Crippen LogP contribution in [0.25, 0.3) is 0 Å². The third-order valence-corrected chi connectivity index (χ3v) is 5.90. The maximum absolute atomic E-state index is 12.4. The number of aromatic nitrogens is 1. The second-order valence-corrected chi connectivity index (χ2v) is 8.43. The largest absolute Gasteiger partial charge is 0.452 e. The number of hydrogen-bond acceptors (Lipinski definition) is 7. The molecule has 2 amide bonds. The molecule has 1 N–H and O–H groups in total. The van der Waals surface area contributed by atoms with Gasteiger partial charge in [-0.15, -0.1) is 23.1 Å². The van der Waals surface area contributed by atoms with Gasteiger partial charge in [0.05, 0.1) is 22.7 Å².